The molecule has 0 bridgehead atoms. The molecule has 1 aliphatic carbocycles. The lowest BCUT2D eigenvalue weighted by molar-refractivity contribution is 0.265. The largest absolute Gasteiger partial charge is 0.338 e. The van der Waals surface area contributed by atoms with Crippen LogP contribution >= 0.6 is 15.9 Å². The highest BCUT2D eigenvalue weighted by Gasteiger charge is 2.51. The molecule has 1 aliphatic heterocycles. The summed E-state index contributed by atoms with van der Waals surface area (Å²) >= 11 is 3.48. The van der Waals surface area contributed by atoms with Crippen LogP contribution in [0.15, 0.2) is 33.3 Å². The lowest BCUT2D eigenvalue weighted by atomic mass is 9.80. The first kappa shape index (κ1) is 12.5. The molecular formula is C15H16BrN3O. The van der Waals surface area contributed by atoms with E-state index in [9.17, 15) is 0 Å². The molecule has 1 aromatic carbocycles. The molecule has 104 valence electrons. The van der Waals surface area contributed by atoms with Gasteiger partial charge in [0.05, 0.1) is 5.41 Å². The van der Waals surface area contributed by atoms with Crippen LogP contribution in [-0.4, -0.2) is 23.2 Å². The standard InChI is InChI=1S/C15H16BrN3O/c16-12-5-1-3-10(7-12)13-18-14(20-19-13)15-6-2-4-11(15)8-17-9-15/h1,3,5,7,11,17H,2,4,6,8-9H2/t11-,15-/m1/s1. The van der Waals surface area contributed by atoms with E-state index < -0.39 is 0 Å². The summed E-state index contributed by atoms with van der Waals surface area (Å²) in [5.74, 6) is 2.16. The van der Waals surface area contributed by atoms with Crippen LogP contribution in [0.2, 0.25) is 0 Å². The molecule has 4 rings (SSSR count). The second-order valence-electron chi connectivity index (χ2n) is 5.81. The maximum atomic E-state index is 5.63. The van der Waals surface area contributed by atoms with Gasteiger partial charge >= 0.3 is 0 Å². The van der Waals surface area contributed by atoms with Gasteiger partial charge in [-0.25, -0.2) is 0 Å². The summed E-state index contributed by atoms with van der Waals surface area (Å²) < 4.78 is 6.66. The molecule has 1 N–H and O–H groups in total. The van der Waals surface area contributed by atoms with Gasteiger partial charge in [0, 0.05) is 16.6 Å². The van der Waals surface area contributed by atoms with Crippen LogP contribution in [-0.2, 0) is 5.41 Å². The zero-order valence-electron chi connectivity index (χ0n) is 11.1. The van der Waals surface area contributed by atoms with Crippen molar-refractivity contribution in [2.75, 3.05) is 13.1 Å². The summed E-state index contributed by atoms with van der Waals surface area (Å²) in [7, 11) is 0. The van der Waals surface area contributed by atoms with Crippen molar-refractivity contribution in [2.45, 2.75) is 24.7 Å². The van der Waals surface area contributed by atoms with E-state index in [1.165, 1.54) is 12.8 Å². The van der Waals surface area contributed by atoms with E-state index in [1.807, 2.05) is 24.3 Å². The number of benzene rings is 1. The van der Waals surface area contributed by atoms with E-state index in [2.05, 4.69) is 26.4 Å². The quantitative estimate of drug-likeness (QED) is 0.917. The zero-order chi connectivity index (χ0) is 13.6. The van der Waals surface area contributed by atoms with Gasteiger partial charge in [0.15, 0.2) is 0 Å². The van der Waals surface area contributed by atoms with Gasteiger partial charge in [-0.1, -0.05) is 39.6 Å². The molecule has 2 fully saturated rings. The van der Waals surface area contributed by atoms with Gasteiger partial charge in [-0.3, -0.25) is 0 Å². The van der Waals surface area contributed by atoms with Gasteiger partial charge < -0.3 is 9.84 Å². The lowest BCUT2D eigenvalue weighted by Crippen LogP contribution is -2.31. The second-order valence-corrected chi connectivity index (χ2v) is 6.73. The summed E-state index contributed by atoms with van der Waals surface area (Å²) in [6, 6.07) is 8.02. The fourth-order valence-corrected chi connectivity index (χ4v) is 4.07. The van der Waals surface area contributed by atoms with Crippen molar-refractivity contribution >= 4 is 15.9 Å². The minimum absolute atomic E-state index is 0.0806. The Morgan fingerprint density at radius 2 is 2.35 bits per heavy atom. The molecule has 0 unspecified atom stereocenters. The summed E-state index contributed by atoms with van der Waals surface area (Å²) in [6.45, 7) is 2.05. The highest BCUT2D eigenvalue weighted by Crippen LogP contribution is 2.47. The van der Waals surface area contributed by atoms with E-state index in [1.54, 1.807) is 0 Å². The first-order valence-corrected chi connectivity index (χ1v) is 7.88. The molecule has 2 aromatic rings. The number of fused-ring (bicyclic) bond motifs is 1. The number of hydrogen-bond acceptors (Lipinski definition) is 4. The van der Waals surface area contributed by atoms with Crippen molar-refractivity contribution in [1.82, 2.24) is 15.5 Å². The highest BCUT2D eigenvalue weighted by molar-refractivity contribution is 9.10. The summed E-state index contributed by atoms with van der Waals surface area (Å²) in [4.78, 5) is 4.70. The summed E-state index contributed by atoms with van der Waals surface area (Å²) in [5, 5.41) is 7.68. The van der Waals surface area contributed by atoms with E-state index >= 15 is 0 Å². The third kappa shape index (κ3) is 1.84. The smallest absolute Gasteiger partial charge is 0.234 e. The Kier molecular flexibility index (Phi) is 2.93. The van der Waals surface area contributed by atoms with Crippen LogP contribution in [0.1, 0.15) is 25.2 Å². The van der Waals surface area contributed by atoms with E-state index in [-0.39, 0.29) is 5.41 Å². The van der Waals surface area contributed by atoms with Gasteiger partial charge in [0.25, 0.3) is 0 Å². The third-order valence-electron chi connectivity index (χ3n) is 4.72. The molecule has 0 spiro atoms. The monoisotopic (exact) mass is 333 g/mol. The average molecular weight is 334 g/mol. The SMILES string of the molecule is Brc1cccc(-c2noc([C@@]34CCC[C@@H]3CNC4)n2)c1. The number of halogens is 1. The van der Waals surface area contributed by atoms with Crippen molar-refractivity contribution in [3.63, 3.8) is 0 Å². The summed E-state index contributed by atoms with van der Waals surface area (Å²) in [5.41, 5.74) is 1.07. The van der Waals surface area contributed by atoms with Crippen molar-refractivity contribution < 1.29 is 4.52 Å². The first-order chi connectivity index (χ1) is 9.78. The van der Waals surface area contributed by atoms with Gasteiger partial charge in [-0.15, -0.1) is 0 Å². The molecule has 5 heteroatoms. The van der Waals surface area contributed by atoms with Crippen molar-refractivity contribution in [1.29, 1.82) is 0 Å². The van der Waals surface area contributed by atoms with Crippen molar-refractivity contribution in [3.8, 4) is 11.4 Å². The minimum atomic E-state index is 0.0806. The summed E-state index contributed by atoms with van der Waals surface area (Å²) in [6.07, 6.45) is 3.69. The number of aromatic nitrogens is 2. The third-order valence-corrected chi connectivity index (χ3v) is 5.22. The Morgan fingerprint density at radius 3 is 3.25 bits per heavy atom. The predicted molar refractivity (Wildman–Crippen MR) is 79.3 cm³/mol. The molecule has 1 saturated heterocycles. The number of nitrogens with zero attached hydrogens (tertiary/aromatic N) is 2. The van der Waals surface area contributed by atoms with E-state index in [0.29, 0.717) is 11.7 Å². The van der Waals surface area contributed by atoms with Crippen LogP contribution in [0.5, 0.6) is 0 Å². The maximum Gasteiger partial charge on any atom is 0.234 e. The highest BCUT2D eigenvalue weighted by atomic mass is 79.9. The van der Waals surface area contributed by atoms with Crippen molar-refractivity contribution in [3.05, 3.63) is 34.6 Å². The maximum absolute atomic E-state index is 5.63. The number of nitrogens with one attached hydrogen (secondary N) is 1. The molecular weight excluding hydrogens is 318 g/mol. The molecule has 2 atom stereocenters. The van der Waals surface area contributed by atoms with Gasteiger partial charge in [0.2, 0.25) is 11.7 Å². The number of rotatable bonds is 2. The molecule has 1 aromatic heterocycles. The van der Waals surface area contributed by atoms with Gasteiger partial charge in [-0.2, -0.15) is 4.98 Å². The Morgan fingerprint density at radius 1 is 1.40 bits per heavy atom. The van der Waals surface area contributed by atoms with Gasteiger partial charge in [-0.05, 0) is 37.4 Å². The zero-order valence-corrected chi connectivity index (χ0v) is 12.7. The van der Waals surface area contributed by atoms with Crippen LogP contribution < -0.4 is 5.32 Å². The Bertz CT molecular complexity index is 630. The lowest BCUT2D eigenvalue weighted by Gasteiger charge is -2.22. The van der Waals surface area contributed by atoms with Crippen LogP contribution in [0, 0.1) is 5.92 Å². The molecule has 20 heavy (non-hydrogen) atoms. The molecule has 4 nitrogen and oxygen atoms in total. The molecule has 2 aliphatic rings. The topological polar surface area (TPSA) is 51.0 Å². The fraction of sp³-hybridized carbons (Fsp3) is 0.467. The molecule has 2 heterocycles. The molecule has 0 radical (unpaired) electrons. The molecule has 1 saturated carbocycles. The van der Waals surface area contributed by atoms with Crippen molar-refractivity contribution in [2.24, 2.45) is 5.92 Å². The normalized spacial score (nSPS) is 28.8. The minimum Gasteiger partial charge on any atom is -0.338 e. The molecule has 0 amide bonds. The Hall–Kier alpha value is -1.20. The van der Waals surface area contributed by atoms with Crippen LogP contribution in [0.3, 0.4) is 0 Å². The Labute approximate surface area is 126 Å². The number of hydrogen-bond donors (Lipinski definition) is 1. The second kappa shape index (κ2) is 4.67. The fourth-order valence-electron chi connectivity index (χ4n) is 3.67. The van der Waals surface area contributed by atoms with E-state index in [0.717, 1.165) is 35.4 Å². The van der Waals surface area contributed by atoms with E-state index in [4.69, 9.17) is 9.51 Å². The van der Waals surface area contributed by atoms with Crippen LogP contribution in [0.25, 0.3) is 11.4 Å². The predicted octanol–water partition coefficient (Wildman–Crippen LogP) is 3.14. The Balaban J connectivity index is 1.72. The average Bonchev–Trinajstić information content (AvgIpc) is 3.13. The first-order valence-electron chi connectivity index (χ1n) is 7.09. The van der Waals surface area contributed by atoms with Crippen LogP contribution in [0.4, 0.5) is 0 Å². The van der Waals surface area contributed by atoms with Gasteiger partial charge in [0.1, 0.15) is 0 Å².